The zero-order valence-corrected chi connectivity index (χ0v) is 13.4. The number of nitrogens with zero attached hydrogens (tertiary/aromatic N) is 1. The minimum Gasteiger partial charge on any atom is -0.351 e. The van der Waals surface area contributed by atoms with Crippen molar-refractivity contribution < 1.29 is 22.8 Å². The van der Waals surface area contributed by atoms with Crippen LogP contribution >= 0.6 is 0 Å². The molecule has 0 saturated carbocycles. The molecule has 0 aliphatic rings. The van der Waals surface area contributed by atoms with Crippen molar-refractivity contribution in [1.82, 2.24) is 15.6 Å². The average Bonchev–Trinajstić information content (AvgIpc) is 2.59. The van der Waals surface area contributed by atoms with Crippen LogP contribution in [0.1, 0.15) is 39.0 Å². The quantitative estimate of drug-likeness (QED) is 0.870. The van der Waals surface area contributed by atoms with Crippen molar-refractivity contribution in [2.24, 2.45) is 0 Å². The second-order valence-electron chi connectivity index (χ2n) is 5.15. The minimum absolute atomic E-state index is 0.133. The van der Waals surface area contributed by atoms with E-state index >= 15 is 0 Å². The summed E-state index contributed by atoms with van der Waals surface area (Å²) < 4.78 is 39.1. The van der Waals surface area contributed by atoms with Crippen LogP contribution in [0.3, 0.4) is 0 Å². The first-order valence-corrected chi connectivity index (χ1v) is 7.51. The maximum Gasteiger partial charge on any atom is 0.416 e. The van der Waals surface area contributed by atoms with Crippen molar-refractivity contribution >= 4 is 11.8 Å². The third-order valence-corrected chi connectivity index (χ3v) is 3.25. The van der Waals surface area contributed by atoms with Crippen molar-refractivity contribution in [3.8, 4) is 0 Å². The average molecular weight is 351 g/mol. The predicted octanol–water partition coefficient (Wildman–Crippen LogP) is 2.78. The Balaban J connectivity index is 2.27. The maximum absolute atomic E-state index is 13.0. The number of aromatic nitrogens is 1. The minimum atomic E-state index is -4.70. The molecule has 0 aliphatic heterocycles. The fraction of sp³-hybridized carbons (Fsp3) is 0.235. The first-order chi connectivity index (χ1) is 11.8. The molecule has 25 heavy (non-hydrogen) atoms. The lowest BCUT2D eigenvalue weighted by atomic mass is 10.1. The molecule has 1 aromatic heterocycles. The number of carbonyl (C=O) groups is 2. The molecule has 0 atom stereocenters. The molecule has 2 rings (SSSR count). The smallest absolute Gasteiger partial charge is 0.351 e. The Kier molecular flexibility index (Phi) is 5.74. The highest BCUT2D eigenvalue weighted by atomic mass is 19.4. The van der Waals surface area contributed by atoms with Crippen molar-refractivity contribution in [2.45, 2.75) is 19.6 Å². The number of pyridine rings is 1. The fourth-order valence-electron chi connectivity index (χ4n) is 2.05. The zero-order valence-electron chi connectivity index (χ0n) is 13.4. The Morgan fingerprint density at radius 1 is 1.00 bits per heavy atom. The summed E-state index contributed by atoms with van der Waals surface area (Å²) in [6, 6.07) is 10.1. The van der Waals surface area contributed by atoms with E-state index in [4.69, 9.17) is 0 Å². The van der Waals surface area contributed by atoms with E-state index in [1.54, 1.807) is 37.3 Å². The molecule has 2 aromatic rings. The highest BCUT2D eigenvalue weighted by Crippen LogP contribution is 2.30. The summed E-state index contributed by atoms with van der Waals surface area (Å²) >= 11 is 0. The lowest BCUT2D eigenvalue weighted by Crippen LogP contribution is -2.28. The van der Waals surface area contributed by atoms with E-state index in [1.165, 1.54) is 0 Å². The Morgan fingerprint density at radius 2 is 1.56 bits per heavy atom. The summed E-state index contributed by atoms with van der Waals surface area (Å²) in [5, 5.41) is 4.86. The van der Waals surface area contributed by atoms with E-state index in [0.29, 0.717) is 12.1 Å². The molecule has 1 heterocycles. The second kappa shape index (κ2) is 7.78. The van der Waals surface area contributed by atoms with Gasteiger partial charge in [-0.2, -0.15) is 13.2 Å². The Morgan fingerprint density at radius 3 is 2.08 bits per heavy atom. The SMILES string of the molecule is CCNC(=O)c1cc(C(F)(F)F)cc(C(=O)NCc2ccccc2)n1. The van der Waals surface area contributed by atoms with E-state index in [2.05, 4.69) is 15.6 Å². The monoisotopic (exact) mass is 351 g/mol. The van der Waals surface area contributed by atoms with Gasteiger partial charge in [-0.05, 0) is 24.6 Å². The third-order valence-electron chi connectivity index (χ3n) is 3.25. The molecule has 132 valence electrons. The topological polar surface area (TPSA) is 71.1 Å². The van der Waals surface area contributed by atoms with Gasteiger partial charge >= 0.3 is 6.18 Å². The summed E-state index contributed by atoms with van der Waals surface area (Å²) in [6.07, 6.45) is -4.70. The molecular weight excluding hydrogens is 335 g/mol. The van der Waals surface area contributed by atoms with Gasteiger partial charge in [-0.3, -0.25) is 9.59 Å². The molecule has 0 bridgehead atoms. The molecule has 0 aliphatic carbocycles. The van der Waals surface area contributed by atoms with Crippen molar-refractivity contribution in [3.05, 3.63) is 65.0 Å². The van der Waals surface area contributed by atoms with Crippen LogP contribution in [0.15, 0.2) is 42.5 Å². The maximum atomic E-state index is 13.0. The summed E-state index contributed by atoms with van der Waals surface area (Å²) in [7, 11) is 0. The number of hydrogen-bond acceptors (Lipinski definition) is 3. The van der Waals surface area contributed by atoms with Crippen molar-refractivity contribution in [2.75, 3.05) is 6.54 Å². The second-order valence-corrected chi connectivity index (χ2v) is 5.15. The van der Waals surface area contributed by atoms with Gasteiger partial charge in [-0.25, -0.2) is 4.98 Å². The van der Waals surface area contributed by atoms with E-state index in [9.17, 15) is 22.8 Å². The number of hydrogen-bond donors (Lipinski definition) is 2. The summed E-state index contributed by atoms with van der Waals surface area (Å²) in [5.41, 5.74) is -1.24. The molecule has 8 heteroatoms. The van der Waals surface area contributed by atoms with Crippen LogP contribution in [0, 0.1) is 0 Å². The third kappa shape index (κ3) is 5.03. The zero-order chi connectivity index (χ0) is 18.4. The fourth-order valence-corrected chi connectivity index (χ4v) is 2.05. The van der Waals surface area contributed by atoms with E-state index in [1.807, 2.05) is 0 Å². The normalized spacial score (nSPS) is 11.0. The Bertz CT molecular complexity index is 761. The van der Waals surface area contributed by atoms with E-state index in [-0.39, 0.29) is 13.1 Å². The molecule has 2 N–H and O–H groups in total. The van der Waals surface area contributed by atoms with Gasteiger partial charge in [0, 0.05) is 13.1 Å². The first-order valence-electron chi connectivity index (χ1n) is 7.51. The molecule has 2 amide bonds. The molecular formula is C17H16F3N3O2. The first kappa shape index (κ1) is 18.4. The van der Waals surface area contributed by atoms with E-state index < -0.39 is 34.9 Å². The van der Waals surface area contributed by atoms with Gasteiger partial charge in [0.25, 0.3) is 11.8 Å². The Labute approximate surface area is 142 Å². The number of carbonyl (C=O) groups excluding carboxylic acids is 2. The largest absolute Gasteiger partial charge is 0.416 e. The van der Waals surface area contributed by atoms with Gasteiger partial charge in [0.1, 0.15) is 11.4 Å². The van der Waals surface area contributed by atoms with Gasteiger partial charge in [0.2, 0.25) is 0 Å². The van der Waals surface area contributed by atoms with Gasteiger partial charge in [-0.1, -0.05) is 30.3 Å². The van der Waals surface area contributed by atoms with Crippen molar-refractivity contribution in [1.29, 1.82) is 0 Å². The van der Waals surface area contributed by atoms with E-state index in [0.717, 1.165) is 5.56 Å². The van der Waals surface area contributed by atoms with Crippen LogP contribution < -0.4 is 10.6 Å². The van der Waals surface area contributed by atoms with Crippen LogP contribution in [0.5, 0.6) is 0 Å². The van der Waals surface area contributed by atoms with Crippen molar-refractivity contribution in [3.63, 3.8) is 0 Å². The highest BCUT2D eigenvalue weighted by molar-refractivity contribution is 5.96. The standard InChI is InChI=1S/C17H16F3N3O2/c1-2-21-15(24)13-8-12(17(18,19)20)9-14(23-13)16(25)22-10-11-6-4-3-5-7-11/h3-9H,2,10H2,1H3,(H,21,24)(H,22,25). The van der Waals surface area contributed by atoms with Gasteiger partial charge in [0.05, 0.1) is 5.56 Å². The van der Waals surface area contributed by atoms with Crippen LogP contribution in [0.2, 0.25) is 0 Å². The lowest BCUT2D eigenvalue weighted by molar-refractivity contribution is -0.137. The molecule has 0 fully saturated rings. The molecule has 1 aromatic carbocycles. The predicted molar refractivity (Wildman–Crippen MR) is 84.9 cm³/mol. The molecule has 5 nitrogen and oxygen atoms in total. The van der Waals surface area contributed by atoms with Crippen LogP contribution in [-0.4, -0.2) is 23.3 Å². The van der Waals surface area contributed by atoms with Crippen LogP contribution in [-0.2, 0) is 12.7 Å². The van der Waals surface area contributed by atoms with Gasteiger partial charge in [-0.15, -0.1) is 0 Å². The summed E-state index contributed by atoms with van der Waals surface area (Å²) in [5.74, 6) is -1.56. The molecule has 0 unspecified atom stereocenters. The number of halogens is 3. The number of rotatable bonds is 5. The molecule has 0 spiro atoms. The van der Waals surface area contributed by atoms with Gasteiger partial charge in [0.15, 0.2) is 0 Å². The van der Waals surface area contributed by atoms with Gasteiger partial charge < -0.3 is 10.6 Å². The van der Waals surface area contributed by atoms with Crippen LogP contribution in [0.4, 0.5) is 13.2 Å². The number of benzene rings is 1. The molecule has 0 saturated heterocycles. The highest BCUT2D eigenvalue weighted by Gasteiger charge is 2.33. The summed E-state index contributed by atoms with van der Waals surface area (Å²) in [6.45, 7) is 1.99. The number of amides is 2. The summed E-state index contributed by atoms with van der Waals surface area (Å²) in [4.78, 5) is 27.7. The number of alkyl halides is 3. The Hall–Kier alpha value is -2.90. The number of nitrogens with one attached hydrogen (secondary N) is 2. The molecule has 0 radical (unpaired) electrons. The lowest BCUT2D eigenvalue weighted by Gasteiger charge is -2.11. The van der Waals surface area contributed by atoms with Crippen LogP contribution in [0.25, 0.3) is 0 Å².